The van der Waals surface area contributed by atoms with Gasteiger partial charge in [-0.15, -0.1) is 0 Å². The maximum Gasteiger partial charge on any atom is 0.166 e. The van der Waals surface area contributed by atoms with Crippen LogP contribution in [0.25, 0.3) is 11.0 Å². The van der Waals surface area contributed by atoms with Gasteiger partial charge in [-0.1, -0.05) is 54.2 Å². The summed E-state index contributed by atoms with van der Waals surface area (Å²) in [6, 6.07) is 16.7. The number of thioether (sulfide) groups is 1. The quantitative estimate of drug-likeness (QED) is 0.711. The van der Waals surface area contributed by atoms with Crippen LogP contribution < -0.4 is 0 Å². The van der Waals surface area contributed by atoms with E-state index in [1.54, 1.807) is 11.8 Å². The van der Waals surface area contributed by atoms with Crippen molar-refractivity contribution < 1.29 is 0 Å². The molecular weight excluding hydrogens is 240 g/mol. The average molecular weight is 254 g/mol. The van der Waals surface area contributed by atoms with Gasteiger partial charge >= 0.3 is 0 Å². The van der Waals surface area contributed by atoms with Crippen LogP contribution in [0.5, 0.6) is 0 Å². The van der Waals surface area contributed by atoms with E-state index in [1.807, 2.05) is 6.07 Å². The maximum atomic E-state index is 4.63. The third-order valence-electron chi connectivity index (χ3n) is 2.91. The summed E-state index contributed by atoms with van der Waals surface area (Å²) in [5.74, 6) is 0.944. The Kier molecular flexibility index (Phi) is 3.07. The Morgan fingerprint density at radius 1 is 1.06 bits per heavy atom. The lowest BCUT2D eigenvalue weighted by Crippen LogP contribution is -1.80. The highest BCUT2D eigenvalue weighted by Crippen LogP contribution is 2.24. The van der Waals surface area contributed by atoms with Crippen molar-refractivity contribution >= 4 is 22.8 Å². The number of hydrogen-bond acceptors (Lipinski definition) is 2. The van der Waals surface area contributed by atoms with Crippen molar-refractivity contribution in [2.24, 2.45) is 0 Å². The Balaban J connectivity index is 1.81. The number of aromatic amines is 1. The number of imidazole rings is 1. The van der Waals surface area contributed by atoms with Gasteiger partial charge in [0.05, 0.1) is 11.0 Å². The monoisotopic (exact) mass is 254 g/mol. The lowest BCUT2D eigenvalue weighted by molar-refractivity contribution is 1.08. The second-order valence-corrected chi connectivity index (χ2v) is 5.25. The van der Waals surface area contributed by atoms with Crippen LogP contribution in [-0.2, 0) is 5.75 Å². The van der Waals surface area contributed by atoms with Gasteiger partial charge in [0.2, 0.25) is 0 Å². The Labute approximate surface area is 110 Å². The van der Waals surface area contributed by atoms with Crippen LogP contribution in [0.4, 0.5) is 0 Å². The third-order valence-corrected chi connectivity index (χ3v) is 3.86. The minimum absolute atomic E-state index is 0.944. The van der Waals surface area contributed by atoms with Gasteiger partial charge < -0.3 is 4.98 Å². The summed E-state index contributed by atoms with van der Waals surface area (Å²) in [6.07, 6.45) is 0. The van der Waals surface area contributed by atoms with E-state index in [0.717, 1.165) is 21.9 Å². The van der Waals surface area contributed by atoms with Gasteiger partial charge in [0.1, 0.15) is 0 Å². The van der Waals surface area contributed by atoms with Crippen LogP contribution in [0.15, 0.2) is 53.7 Å². The molecule has 3 aromatic rings. The number of nitrogens with one attached hydrogen (secondary N) is 1. The molecule has 0 radical (unpaired) electrons. The summed E-state index contributed by atoms with van der Waals surface area (Å²) in [4.78, 5) is 7.99. The van der Waals surface area contributed by atoms with Crippen LogP contribution in [0.3, 0.4) is 0 Å². The predicted octanol–water partition coefficient (Wildman–Crippen LogP) is 4.16. The molecule has 0 saturated heterocycles. The van der Waals surface area contributed by atoms with Crippen LogP contribution in [-0.4, -0.2) is 9.97 Å². The molecule has 2 aromatic carbocycles. The number of aromatic nitrogens is 2. The highest BCUT2D eigenvalue weighted by atomic mass is 32.2. The first-order valence-corrected chi connectivity index (χ1v) is 6.93. The lowest BCUT2D eigenvalue weighted by atomic mass is 10.2. The number of para-hydroxylation sites is 1. The van der Waals surface area contributed by atoms with Crippen molar-refractivity contribution in [3.05, 3.63) is 59.7 Å². The maximum absolute atomic E-state index is 4.63. The number of aryl methyl sites for hydroxylation is 1. The standard InChI is InChI=1S/C15H14N2S/c1-11-6-5-9-13-14(11)17-15(16-13)18-10-12-7-3-2-4-8-12/h2-9H,10H2,1H3,(H,16,17). The molecule has 0 spiro atoms. The summed E-state index contributed by atoms with van der Waals surface area (Å²) in [7, 11) is 0. The Morgan fingerprint density at radius 3 is 2.67 bits per heavy atom. The van der Waals surface area contributed by atoms with Crippen molar-refractivity contribution in [1.29, 1.82) is 0 Å². The topological polar surface area (TPSA) is 28.7 Å². The minimum Gasteiger partial charge on any atom is -0.333 e. The van der Waals surface area contributed by atoms with Gasteiger partial charge in [0, 0.05) is 5.75 Å². The number of hydrogen-bond donors (Lipinski definition) is 1. The second-order valence-electron chi connectivity index (χ2n) is 4.29. The number of nitrogens with zero attached hydrogens (tertiary/aromatic N) is 1. The van der Waals surface area contributed by atoms with Crippen molar-refractivity contribution in [3.8, 4) is 0 Å². The van der Waals surface area contributed by atoms with E-state index in [-0.39, 0.29) is 0 Å². The number of fused-ring (bicyclic) bond motifs is 1. The first-order valence-electron chi connectivity index (χ1n) is 5.95. The molecule has 1 heterocycles. The molecule has 0 aliphatic carbocycles. The molecule has 0 unspecified atom stereocenters. The lowest BCUT2D eigenvalue weighted by Gasteiger charge is -1.97. The molecule has 90 valence electrons. The van der Waals surface area contributed by atoms with Gasteiger partial charge in [0.15, 0.2) is 5.16 Å². The van der Waals surface area contributed by atoms with Gasteiger partial charge in [-0.25, -0.2) is 4.98 Å². The Morgan fingerprint density at radius 2 is 1.89 bits per heavy atom. The van der Waals surface area contributed by atoms with Crippen molar-refractivity contribution in [1.82, 2.24) is 9.97 Å². The molecule has 3 heteroatoms. The summed E-state index contributed by atoms with van der Waals surface area (Å²) < 4.78 is 0. The molecule has 1 aromatic heterocycles. The first kappa shape index (κ1) is 11.4. The molecule has 0 bridgehead atoms. The van der Waals surface area contributed by atoms with Crippen LogP contribution in [0, 0.1) is 6.92 Å². The van der Waals surface area contributed by atoms with E-state index in [4.69, 9.17) is 0 Å². The van der Waals surface area contributed by atoms with E-state index in [0.29, 0.717) is 0 Å². The zero-order chi connectivity index (χ0) is 12.4. The summed E-state index contributed by atoms with van der Waals surface area (Å²) in [5.41, 5.74) is 4.73. The number of H-pyrrole nitrogens is 1. The van der Waals surface area contributed by atoms with Crippen LogP contribution >= 0.6 is 11.8 Å². The second kappa shape index (κ2) is 4.86. The van der Waals surface area contributed by atoms with Crippen molar-refractivity contribution in [3.63, 3.8) is 0 Å². The van der Waals surface area contributed by atoms with Gasteiger partial charge in [-0.3, -0.25) is 0 Å². The van der Waals surface area contributed by atoms with Crippen molar-refractivity contribution in [2.75, 3.05) is 0 Å². The highest BCUT2D eigenvalue weighted by molar-refractivity contribution is 7.98. The Bertz CT molecular complexity index is 659. The molecule has 0 saturated carbocycles. The van der Waals surface area contributed by atoms with E-state index < -0.39 is 0 Å². The molecule has 2 nitrogen and oxygen atoms in total. The molecular formula is C15H14N2S. The number of rotatable bonds is 3. The highest BCUT2D eigenvalue weighted by Gasteiger charge is 2.05. The summed E-state index contributed by atoms with van der Waals surface area (Å²) in [5, 5.41) is 0.989. The third kappa shape index (κ3) is 2.27. The number of benzene rings is 2. The largest absolute Gasteiger partial charge is 0.333 e. The SMILES string of the molecule is Cc1cccc2[nH]c(SCc3ccccc3)nc12. The van der Waals surface area contributed by atoms with E-state index >= 15 is 0 Å². The molecule has 1 N–H and O–H groups in total. The summed E-state index contributed by atoms with van der Waals surface area (Å²) in [6.45, 7) is 2.09. The predicted molar refractivity (Wildman–Crippen MR) is 76.8 cm³/mol. The first-order chi connectivity index (χ1) is 8.83. The molecule has 0 fully saturated rings. The van der Waals surface area contributed by atoms with Gasteiger partial charge in [-0.05, 0) is 24.1 Å². The Hall–Kier alpha value is -1.74. The molecule has 3 rings (SSSR count). The zero-order valence-corrected chi connectivity index (χ0v) is 11.0. The van der Waals surface area contributed by atoms with E-state index in [9.17, 15) is 0 Å². The zero-order valence-electron chi connectivity index (χ0n) is 10.2. The fraction of sp³-hybridized carbons (Fsp3) is 0.133. The molecule has 0 atom stereocenters. The fourth-order valence-electron chi connectivity index (χ4n) is 1.95. The van der Waals surface area contributed by atoms with Gasteiger partial charge in [-0.2, -0.15) is 0 Å². The van der Waals surface area contributed by atoms with E-state index in [1.165, 1.54) is 11.1 Å². The van der Waals surface area contributed by atoms with Crippen LogP contribution in [0.1, 0.15) is 11.1 Å². The molecule has 0 amide bonds. The normalized spacial score (nSPS) is 10.9. The summed E-state index contributed by atoms with van der Waals surface area (Å²) >= 11 is 1.74. The van der Waals surface area contributed by atoms with E-state index in [2.05, 4.69) is 59.4 Å². The smallest absolute Gasteiger partial charge is 0.166 e. The minimum atomic E-state index is 0.944. The fourth-order valence-corrected chi connectivity index (χ4v) is 2.78. The molecule has 18 heavy (non-hydrogen) atoms. The molecule has 0 aliphatic rings. The van der Waals surface area contributed by atoms with Gasteiger partial charge in [0.25, 0.3) is 0 Å². The van der Waals surface area contributed by atoms with Crippen LogP contribution in [0.2, 0.25) is 0 Å². The molecule has 0 aliphatic heterocycles. The van der Waals surface area contributed by atoms with Crippen molar-refractivity contribution in [2.45, 2.75) is 17.8 Å². The average Bonchev–Trinajstić information content (AvgIpc) is 2.82.